The number of carbonyl (C=O) groups excluding carboxylic acids is 1. The number of carbonyl (C=O) groups is 1. The molecule has 0 radical (unpaired) electrons. The van der Waals surface area contributed by atoms with Crippen molar-refractivity contribution >= 4 is 17.1 Å². The van der Waals surface area contributed by atoms with Crippen molar-refractivity contribution in [2.45, 2.75) is 19.5 Å². The number of benzene rings is 1. The Balaban J connectivity index is 1.49. The maximum absolute atomic E-state index is 12.9. The average Bonchev–Trinajstić information content (AvgIpc) is 2.98. The molecule has 3 aromatic rings. The summed E-state index contributed by atoms with van der Waals surface area (Å²) in [6.07, 6.45) is 2.35. The van der Waals surface area contributed by atoms with Gasteiger partial charge in [0.25, 0.3) is 5.56 Å². The molecule has 9 nitrogen and oxygen atoms in total. The molecule has 0 bridgehead atoms. The first-order valence-electron chi connectivity index (χ1n) is 10.1. The third-order valence-corrected chi connectivity index (χ3v) is 5.68. The third-order valence-electron chi connectivity index (χ3n) is 5.68. The van der Waals surface area contributed by atoms with Crippen LogP contribution in [0.5, 0.6) is 0 Å². The second-order valence-electron chi connectivity index (χ2n) is 7.76. The molecule has 1 aromatic carbocycles. The lowest BCUT2D eigenvalue weighted by Gasteiger charge is -2.22. The lowest BCUT2D eigenvalue weighted by Crippen LogP contribution is -2.45. The molecule has 2 aromatic heterocycles. The van der Waals surface area contributed by atoms with Crippen LogP contribution in [0.25, 0.3) is 11.2 Å². The number of amides is 1. The Morgan fingerprint density at radius 3 is 2.57 bits per heavy atom. The minimum atomic E-state index is -0.528. The summed E-state index contributed by atoms with van der Waals surface area (Å²) in [5, 5.41) is 0. The van der Waals surface area contributed by atoms with Crippen molar-refractivity contribution in [1.82, 2.24) is 28.5 Å². The fourth-order valence-electron chi connectivity index (χ4n) is 3.99. The smallest absolute Gasteiger partial charge is 0.332 e. The van der Waals surface area contributed by atoms with Crippen molar-refractivity contribution in [2.24, 2.45) is 14.1 Å². The Kier molecular flexibility index (Phi) is 5.54. The van der Waals surface area contributed by atoms with Crippen LogP contribution < -0.4 is 11.2 Å². The molecule has 0 spiro atoms. The highest BCUT2D eigenvalue weighted by Gasteiger charge is 2.22. The molecule has 1 fully saturated rings. The summed E-state index contributed by atoms with van der Waals surface area (Å²) in [6.45, 7) is 3.45. The van der Waals surface area contributed by atoms with E-state index in [4.69, 9.17) is 0 Å². The van der Waals surface area contributed by atoms with Gasteiger partial charge in [-0.1, -0.05) is 30.3 Å². The molecule has 0 saturated carbocycles. The maximum Gasteiger partial charge on any atom is 0.332 e. The molecule has 1 saturated heterocycles. The number of nitrogens with zero attached hydrogens (tertiary/aromatic N) is 6. The van der Waals surface area contributed by atoms with Gasteiger partial charge in [-0.3, -0.25) is 19.1 Å². The standard InChI is InChI=1S/C21H26N6O3/c1-23-15-22-19-18(23)20(29)27(21(30)24(19)2)14-17(28)26-10-6-9-25(11-12-26)13-16-7-4-3-5-8-16/h3-5,7-8,15H,6,9-14H2,1-2H3. The number of hydrogen-bond acceptors (Lipinski definition) is 5. The number of imidazole rings is 1. The van der Waals surface area contributed by atoms with Gasteiger partial charge in [-0.2, -0.15) is 0 Å². The van der Waals surface area contributed by atoms with Crippen molar-refractivity contribution in [1.29, 1.82) is 0 Å². The van der Waals surface area contributed by atoms with Gasteiger partial charge in [0.2, 0.25) is 5.91 Å². The average molecular weight is 410 g/mol. The highest BCUT2D eigenvalue weighted by molar-refractivity contribution is 5.77. The largest absolute Gasteiger partial charge is 0.340 e. The van der Waals surface area contributed by atoms with E-state index < -0.39 is 11.2 Å². The van der Waals surface area contributed by atoms with E-state index in [0.717, 1.165) is 30.6 Å². The van der Waals surface area contributed by atoms with Crippen LogP contribution in [-0.2, 0) is 32.0 Å². The number of fused-ring (bicyclic) bond motifs is 1. The summed E-state index contributed by atoms with van der Waals surface area (Å²) in [5.74, 6) is -0.211. The van der Waals surface area contributed by atoms with E-state index in [1.165, 1.54) is 16.5 Å². The minimum absolute atomic E-state index is 0.211. The van der Waals surface area contributed by atoms with Crippen LogP contribution in [0.15, 0.2) is 46.2 Å². The Bertz CT molecular complexity index is 1180. The van der Waals surface area contributed by atoms with Gasteiger partial charge < -0.3 is 9.47 Å². The summed E-state index contributed by atoms with van der Waals surface area (Å²) < 4.78 is 3.90. The molecule has 30 heavy (non-hydrogen) atoms. The molecule has 1 amide bonds. The molecule has 3 heterocycles. The molecule has 0 unspecified atom stereocenters. The fourth-order valence-corrected chi connectivity index (χ4v) is 3.99. The van der Waals surface area contributed by atoms with Crippen LogP contribution in [0.1, 0.15) is 12.0 Å². The molecule has 4 rings (SSSR count). The van der Waals surface area contributed by atoms with Crippen molar-refractivity contribution in [3.63, 3.8) is 0 Å². The summed E-state index contributed by atoms with van der Waals surface area (Å²) in [7, 11) is 3.26. The Labute approximate surface area is 173 Å². The molecule has 1 aliphatic rings. The van der Waals surface area contributed by atoms with E-state index in [1.54, 1.807) is 23.6 Å². The summed E-state index contributed by atoms with van der Waals surface area (Å²) in [4.78, 5) is 46.6. The molecule has 158 valence electrons. The van der Waals surface area contributed by atoms with Crippen LogP contribution in [0.3, 0.4) is 0 Å². The fraction of sp³-hybridized carbons (Fsp3) is 0.429. The quantitative estimate of drug-likeness (QED) is 0.612. The number of aryl methyl sites for hydroxylation is 2. The van der Waals surface area contributed by atoms with Gasteiger partial charge in [0, 0.05) is 46.8 Å². The van der Waals surface area contributed by atoms with Gasteiger partial charge in [0.05, 0.1) is 6.33 Å². The molecular formula is C21H26N6O3. The molecule has 0 aliphatic carbocycles. The topological polar surface area (TPSA) is 85.4 Å². The normalized spacial score (nSPS) is 15.5. The summed E-state index contributed by atoms with van der Waals surface area (Å²) in [6, 6.07) is 10.3. The van der Waals surface area contributed by atoms with Gasteiger partial charge in [-0.25, -0.2) is 14.3 Å². The van der Waals surface area contributed by atoms with E-state index in [1.807, 2.05) is 18.2 Å². The van der Waals surface area contributed by atoms with Gasteiger partial charge in [-0.15, -0.1) is 0 Å². The van der Waals surface area contributed by atoms with Crippen LogP contribution >= 0.6 is 0 Å². The number of hydrogen-bond donors (Lipinski definition) is 0. The van der Waals surface area contributed by atoms with Gasteiger partial charge in [0.15, 0.2) is 11.2 Å². The minimum Gasteiger partial charge on any atom is -0.340 e. The number of rotatable bonds is 4. The summed E-state index contributed by atoms with van der Waals surface area (Å²) >= 11 is 0. The molecule has 0 N–H and O–H groups in total. The first-order chi connectivity index (χ1) is 14.5. The first-order valence-corrected chi connectivity index (χ1v) is 10.1. The Morgan fingerprint density at radius 1 is 1.03 bits per heavy atom. The lowest BCUT2D eigenvalue weighted by molar-refractivity contribution is -0.131. The Morgan fingerprint density at radius 2 is 1.80 bits per heavy atom. The SMILES string of the molecule is Cn1cnc2c1c(=O)n(CC(=O)N1CCCN(Cc3ccccc3)CC1)c(=O)n2C. The maximum atomic E-state index is 12.9. The molecule has 0 atom stereocenters. The van der Waals surface area contributed by atoms with E-state index in [-0.39, 0.29) is 12.5 Å². The first kappa shape index (κ1) is 20.1. The zero-order chi connectivity index (χ0) is 21.3. The molecule has 1 aliphatic heterocycles. The van der Waals surface area contributed by atoms with Crippen molar-refractivity contribution in [3.05, 3.63) is 63.1 Å². The molecular weight excluding hydrogens is 384 g/mol. The van der Waals surface area contributed by atoms with E-state index >= 15 is 0 Å². The third kappa shape index (κ3) is 3.80. The van der Waals surface area contributed by atoms with Gasteiger partial charge in [0.1, 0.15) is 6.54 Å². The monoisotopic (exact) mass is 410 g/mol. The second kappa shape index (κ2) is 8.27. The second-order valence-corrected chi connectivity index (χ2v) is 7.76. The zero-order valence-electron chi connectivity index (χ0n) is 17.3. The predicted octanol–water partition coefficient (Wildman–Crippen LogP) is 0.168. The summed E-state index contributed by atoms with van der Waals surface area (Å²) in [5.41, 5.74) is 0.871. The number of aromatic nitrogens is 4. The van der Waals surface area contributed by atoms with E-state index in [0.29, 0.717) is 24.3 Å². The van der Waals surface area contributed by atoms with Gasteiger partial charge >= 0.3 is 5.69 Å². The predicted molar refractivity (Wildman–Crippen MR) is 113 cm³/mol. The van der Waals surface area contributed by atoms with Crippen molar-refractivity contribution in [2.75, 3.05) is 26.2 Å². The van der Waals surface area contributed by atoms with Crippen LogP contribution in [0, 0.1) is 0 Å². The van der Waals surface area contributed by atoms with Crippen LogP contribution in [0.2, 0.25) is 0 Å². The lowest BCUT2D eigenvalue weighted by atomic mass is 10.2. The van der Waals surface area contributed by atoms with Crippen LogP contribution in [-0.4, -0.2) is 60.6 Å². The van der Waals surface area contributed by atoms with Crippen molar-refractivity contribution < 1.29 is 4.79 Å². The Hall–Kier alpha value is -3.20. The zero-order valence-corrected chi connectivity index (χ0v) is 17.3. The van der Waals surface area contributed by atoms with E-state index in [9.17, 15) is 14.4 Å². The van der Waals surface area contributed by atoms with Crippen LogP contribution in [0.4, 0.5) is 0 Å². The molecule has 9 heteroatoms. The van der Waals surface area contributed by atoms with E-state index in [2.05, 4.69) is 22.0 Å². The highest BCUT2D eigenvalue weighted by Crippen LogP contribution is 2.10. The van der Waals surface area contributed by atoms with Gasteiger partial charge in [-0.05, 0) is 12.0 Å². The highest BCUT2D eigenvalue weighted by atomic mass is 16.2. The van der Waals surface area contributed by atoms with Crippen molar-refractivity contribution in [3.8, 4) is 0 Å².